The molecular formula is C12H22N2O3S. The number of carbonyl (C=O) groups excluding carboxylic acids is 1. The molecule has 2 atom stereocenters. The maximum atomic E-state index is 11.8. The van der Waals surface area contributed by atoms with Crippen LogP contribution in [0, 0.1) is 5.92 Å². The number of amides is 1. The van der Waals surface area contributed by atoms with Gasteiger partial charge in [-0.05, 0) is 38.0 Å². The van der Waals surface area contributed by atoms with Gasteiger partial charge in [-0.3, -0.25) is 4.79 Å². The van der Waals surface area contributed by atoms with Crippen molar-refractivity contribution in [2.75, 3.05) is 11.5 Å². The van der Waals surface area contributed by atoms with Crippen LogP contribution in [0.1, 0.15) is 38.5 Å². The van der Waals surface area contributed by atoms with Crippen molar-refractivity contribution >= 4 is 15.7 Å². The van der Waals surface area contributed by atoms with E-state index in [0.29, 0.717) is 12.3 Å². The molecule has 2 aliphatic rings. The summed E-state index contributed by atoms with van der Waals surface area (Å²) in [5.74, 6) is -0.325. The number of carbonyl (C=O) groups is 1. The normalized spacial score (nSPS) is 28.3. The van der Waals surface area contributed by atoms with Gasteiger partial charge in [0.2, 0.25) is 5.91 Å². The van der Waals surface area contributed by atoms with Crippen LogP contribution in [0.5, 0.6) is 0 Å². The molecule has 0 bridgehead atoms. The molecule has 2 aliphatic carbocycles. The van der Waals surface area contributed by atoms with Crippen molar-refractivity contribution in [3.05, 3.63) is 0 Å². The first-order valence-electron chi connectivity index (χ1n) is 6.71. The van der Waals surface area contributed by atoms with E-state index in [2.05, 4.69) is 5.32 Å². The summed E-state index contributed by atoms with van der Waals surface area (Å²) in [4.78, 5) is 11.5. The first-order valence-corrected chi connectivity index (χ1v) is 8.54. The zero-order valence-electron chi connectivity index (χ0n) is 10.6. The van der Waals surface area contributed by atoms with Gasteiger partial charge in [0.05, 0.1) is 5.75 Å². The van der Waals surface area contributed by atoms with Crippen molar-refractivity contribution in [1.29, 1.82) is 0 Å². The van der Waals surface area contributed by atoms with Gasteiger partial charge in [0, 0.05) is 12.1 Å². The van der Waals surface area contributed by atoms with Crippen LogP contribution in [0.25, 0.3) is 0 Å². The highest BCUT2D eigenvalue weighted by Gasteiger charge is 2.28. The monoisotopic (exact) mass is 274 g/mol. The van der Waals surface area contributed by atoms with E-state index in [4.69, 9.17) is 5.73 Å². The van der Waals surface area contributed by atoms with Crippen LogP contribution in [0.2, 0.25) is 0 Å². The smallest absolute Gasteiger partial charge is 0.235 e. The summed E-state index contributed by atoms with van der Waals surface area (Å²) in [6.07, 6.45) is 5.65. The molecule has 0 spiro atoms. The van der Waals surface area contributed by atoms with E-state index in [9.17, 15) is 13.2 Å². The standard InChI is InChI=1S/C12H22N2O3S/c13-11-3-1-2-9(11)6-7-18(16,17)8-12(15)14-10-4-5-10/h9-11H,1-8,13H2,(H,14,15). The molecule has 0 aliphatic heterocycles. The zero-order chi connectivity index (χ0) is 13.2. The molecule has 2 rings (SSSR count). The van der Waals surface area contributed by atoms with E-state index in [-0.39, 0.29) is 29.5 Å². The first kappa shape index (κ1) is 13.8. The Kier molecular flexibility index (Phi) is 4.27. The lowest BCUT2D eigenvalue weighted by Crippen LogP contribution is -2.33. The van der Waals surface area contributed by atoms with Crippen LogP contribution in [0.4, 0.5) is 0 Å². The molecule has 0 heterocycles. The number of nitrogens with one attached hydrogen (secondary N) is 1. The first-order chi connectivity index (χ1) is 8.46. The van der Waals surface area contributed by atoms with Crippen LogP contribution >= 0.6 is 0 Å². The molecular weight excluding hydrogens is 252 g/mol. The second-order valence-corrected chi connectivity index (χ2v) is 7.76. The van der Waals surface area contributed by atoms with Gasteiger partial charge in [0.1, 0.15) is 5.75 Å². The molecule has 1 amide bonds. The Morgan fingerprint density at radius 1 is 1.22 bits per heavy atom. The lowest BCUT2D eigenvalue weighted by molar-refractivity contribution is -0.118. The highest BCUT2D eigenvalue weighted by molar-refractivity contribution is 7.92. The van der Waals surface area contributed by atoms with Gasteiger partial charge in [-0.2, -0.15) is 0 Å². The van der Waals surface area contributed by atoms with Gasteiger partial charge in [-0.1, -0.05) is 6.42 Å². The Labute approximate surface area is 108 Å². The molecule has 0 aromatic rings. The van der Waals surface area contributed by atoms with Gasteiger partial charge in [0.25, 0.3) is 0 Å². The molecule has 104 valence electrons. The third-order valence-electron chi connectivity index (χ3n) is 3.81. The molecule has 6 heteroatoms. The fourth-order valence-electron chi connectivity index (χ4n) is 2.52. The van der Waals surface area contributed by atoms with Crippen LogP contribution in [-0.4, -0.2) is 37.9 Å². The van der Waals surface area contributed by atoms with Crippen LogP contribution < -0.4 is 11.1 Å². The Bertz CT molecular complexity index is 404. The van der Waals surface area contributed by atoms with Crippen LogP contribution in [0.15, 0.2) is 0 Å². The quantitative estimate of drug-likeness (QED) is 0.724. The maximum Gasteiger partial charge on any atom is 0.235 e. The molecule has 0 aromatic carbocycles. The van der Waals surface area contributed by atoms with Gasteiger partial charge in [-0.25, -0.2) is 8.42 Å². The molecule has 0 radical (unpaired) electrons. The van der Waals surface area contributed by atoms with E-state index in [1.54, 1.807) is 0 Å². The van der Waals surface area contributed by atoms with Crippen molar-refractivity contribution in [2.45, 2.75) is 50.6 Å². The summed E-state index contributed by atoms with van der Waals surface area (Å²) in [6, 6.07) is 0.358. The largest absolute Gasteiger partial charge is 0.352 e. The molecule has 3 N–H and O–H groups in total. The van der Waals surface area contributed by atoms with E-state index in [1.807, 2.05) is 0 Å². The van der Waals surface area contributed by atoms with E-state index >= 15 is 0 Å². The second kappa shape index (κ2) is 5.57. The summed E-state index contributed by atoms with van der Waals surface area (Å²) < 4.78 is 23.6. The zero-order valence-corrected chi connectivity index (χ0v) is 11.4. The van der Waals surface area contributed by atoms with Gasteiger partial charge >= 0.3 is 0 Å². The Hall–Kier alpha value is -0.620. The summed E-state index contributed by atoms with van der Waals surface area (Å²) in [6.45, 7) is 0. The minimum atomic E-state index is -3.28. The van der Waals surface area contributed by atoms with Gasteiger partial charge in [-0.15, -0.1) is 0 Å². The number of hydrogen-bond donors (Lipinski definition) is 2. The fourth-order valence-corrected chi connectivity index (χ4v) is 3.81. The topological polar surface area (TPSA) is 89.3 Å². The molecule has 0 saturated heterocycles. The molecule has 2 fully saturated rings. The minimum Gasteiger partial charge on any atom is -0.352 e. The molecule has 2 saturated carbocycles. The van der Waals surface area contributed by atoms with Crippen LogP contribution in [0.3, 0.4) is 0 Å². The average Bonchev–Trinajstić information content (AvgIpc) is 2.96. The Balaban J connectivity index is 1.73. The predicted octanol–water partition coefficient (Wildman–Crippen LogP) is 0.197. The van der Waals surface area contributed by atoms with E-state index in [0.717, 1.165) is 32.1 Å². The van der Waals surface area contributed by atoms with Crippen molar-refractivity contribution in [3.63, 3.8) is 0 Å². The summed E-state index contributed by atoms with van der Waals surface area (Å²) in [7, 11) is -3.28. The molecule has 2 unspecified atom stereocenters. The lowest BCUT2D eigenvalue weighted by atomic mass is 10.0. The number of rotatable bonds is 6. The molecule has 18 heavy (non-hydrogen) atoms. The van der Waals surface area contributed by atoms with Crippen molar-refractivity contribution in [2.24, 2.45) is 11.7 Å². The predicted molar refractivity (Wildman–Crippen MR) is 69.8 cm³/mol. The fraction of sp³-hybridized carbons (Fsp3) is 0.917. The van der Waals surface area contributed by atoms with Crippen molar-refractivity contribution < 1.29 is 13.2 Å². The van der Waals surface area contributed by atoms with Gasteiger partial charge in [0.15, 0.2) is 9.84 Å². The average molecular weight is 274 g/mol. The lowest BCUT2D eigenvalue weighted by Gasteiger charge is -2.14. The maximum absolute atomic E-state index is 11.8. The molecule has 0 aromatic heterocycles. The Morgan fingerprint density at radius 3 is 2.50 bits per heavy atom. The van der Waals surface area contributed by atoms with E-state index in [1.165, 1.54) is 0 Å². The van der Waals surface area contributed by atoms with Crippen molar-refractivity contribution in [3.8, 4) is 0 Å². The summed E-state index contributed by atoms with van der Waals surface area (Å²) in [5.41, 5.74) is 5.91. The van der Waals surface area contributed by atoms with Crippen molar-refractivity contribution in [1.82, 2.24) is 5.32 Å². The molecule has 5 nitrogen and oxygen atoms in total. The third-order valence-corrected chi connectivity index (χ3v) is 5.37. The number of hydrogen-bond acceptors (Lipinski definition) is 4. The SMILES string of the molecule is NC1CCCC1CCS(=O)(=O)CC(=O)NC1CC1. The van der Waals surface area contributed by atoms with Gasteiger partial charge < -0.3 is 11.1 Å². The summed E-state index contributed by atoms with van der Waals surface area (Å²) in [5, 5.41) is 2.70. The highest BCUT2D eigenvalue weighted by Crippen LogP contribution is 2.27. The summed E-state index contributed by atoms with van der Waals surface area (Å²) >= 11 is 0. The van der Waals surface area contributed by atoms with E-state index < -0.39 is 9.84 Å². The number of sulfone groups is 1. The number of nitrogens with two attached hydrogens (primary N) is 1. The minimum absolute atomic E-state index is 0.0868. The Morgan fingerprint density at radius 2 is 1.94 bits per heavy atom. The van der Waals surface area contributed by atoms with Crippen LogP contribution in [-0.2, 0) is 14.6 Å². The highest BCUT2D eigenvalue weighted by atomic mass is 32.2. The third kappa shape index (κ3) is 4.24. The second-order valence-electron chi connectivity index (χ2n) is 5.58.